The van der Waals surface area contributed by atoms with Gasteiger partial charge in [0.1, 0.15) is 11.9 Å². The van der Waals surface area contributed by atoms with Crippen LogP contribution in [0, 0.1) is 0 Å². The summed E-state index contributed by atoms with van der Waals surface area (Å²) in [4.78, 5) is 34.8. The van der Waals surface area contributed by atoms with Gasteiger partial charge in [-0.05, 0) is 78.3 Å². The van der Waals surface area contributed by atoms with Crippen LogP contribution in [0.5, 0.6) is 5.75 Å². The molecule has 0 aliphatic heterocycles. The number of carbonyl (C=O) groups excluding carboxylic acids is 2. The Bertz CT molecular complexity index is 1270. The average molecular weight is 506 g/mol. The van der Waals surface area contributed by atoms with Crippen LogP contribution in [0.3, 0.4) is 0 Å². The standard InChI is InChI=1S/C29H31NO7/c1-2-35-27(31)18-36-25-13-12-20-8-5-9-24(15-23(20)16-25)30-17-26(37-29(34)28(32)33)22-11-10-19-6-3-4-7-21(19)14-22/h3-4,6-7,10-14,16,24,26,30H,2,5,8-9,15,17-18H2,1H3,(H,32,33)/t24?,26-/m1/s1. The van der Waals surface area contributed by atoms with Crippen LogP contribution in [-0.4, -0.2) is 48.8 Å². The van der Waals surface area contributed by atoms with Crippen molar-refractivity contribution >= 4 is 28.7 Å². The van der Waals surface area contributed by atoms with E-state index in [0.29, 0.717) is 12.4 Å². The van der Waals surface area contributed by atoms with Crippen molar-refractivity contribution in [3.05, 3.63) is 77.4 Å². The van der Waals surface area contributed by atoms with Crippen LogP contribution >= 0.6 is 0 Å². The minimum atomic E-state index is -1.62. The second-order valence-corrected chi connectivity index (χ2v) is 9.03. The van der Waals surface area contributed by atoms with E-state index in [0.717, 1.165) is 47.6 Å². The van der Waals surface area contributed by atoms with E-state index in [9.17, 15) is 14.4 Å². The number of fused-ring (bicyclic) bond motifs is 2. The lowest BCUT2D eigenvalue weighted by Crippen LogP contribution is -2.36. The monoisotopic (exact) mass is 505 g/mol. The molecule has 2 N–H and O–H groups in total. The molecule has 194 valence electrons. The third-order valence-corrected chi connectivity index (χ3v) is 6.47. The predicted molar refractivity (Wildman–Crippen MR) is 137 cm³/mol. The van der Waals surface area contributed by atoms with E-state index < -0.39 is 24.0 Å². The van der Waals surface area contributed by atoms with Gasteiger partial charge in [0.05, 0.1) is 6.61 Å². The highest BCUT2D eigenvalue weighted by Crippen LogP contribution is 2.27. The molecule has 1 unspecified atom stereocenters. The van der Waals surface area contributed by atoms with E-state index in [1.165, 1.54) is 5.56 Å². The van der Waals surface area contributed by atoms with Crippen molar-refractivity contribution in [3.63, 3.8) is 0 Å². The topological polar surface area (TPSA) is 111 Å². The molecule has 0 saturated carbocycles. The molecule has 0 fully saturated rings. The maximum absolute atomic E-state index is 12.0. The highest BCUT2D eigenvalue weighted by molar-refractivity contribution is 6.28. The van der Waals surface area contributed by atoms with Gasteiger partial charge in [0, 0.05) is 12.6 Å². The molecule has 0 amide bonds. The van der Waals surface area contributed by atoms with E-state index in [2.05, 4.69) is 5.32 Å². The Morgan fingerprint density at radius 2 is 1.84 bits per heavy atom. The van der Waals surface area contributed by atoms with Crippen LogP contribution in [0.2, 0.25) is 0 Å². The number of nitrogens with one attached hydrogen (secondary N) is 1. The number of aliphatic carboxylic acids is 1. The van der Waals surface area contributed by atoms with Gasteiger partial charge in [0.25, 0.3) is 0 Å². The fourth-order valence-electron chi connectivity index (χ4n) is 4.64. The van der Waals surface area contributed by atoms with E-state index in [-0.39, 0.29) is 19.2 Å². The molecule has 1 aliphatic rings. The fraction of sp³-hybridized carbons (Fsp3) is 0.345. The number of carbonyl (C=O) groups is 3. The minimum Gasteiger partial charge on any atom is -0.482 e. The lowest BCUT2D eigenvalue weighted by Gasteiger charge is -2.23. The van der Waals surface area contributed by atoms with Crippen LogP contribution in [0.15, 0.2) is 60.7 Å². The SMILES string of the molecule is CCOC(=O)COc1ccc2c(c1)CC(NC[C@@H](OC(=O)C(=O)O)c1ccc3ccccc3c1)CCC2. The zero-order valence-corrected chi connectivity index (χ0v) is 20.8. The molecule has 0 heterocycles. The summed E-state index contributed by atoms with van der Waals surface area (Å²) in [7, 11) is 0. The largest absolute Gasteiger partial charge is 0.482 e. The number of aryl methyl sites for hydroxylation is 1. The molecule has 0 aromatic heterocycles. The van der Waals surface area contributed by atoms with Gasteiger partial charge >= 0.3 is 17.9 Å². The predicted octanol–water partition coefficient (Wildman–Crippen LogP) is 3.99. The Labute approximate surface area is 215 Å². The van der Waals surface area contributed by atoms with E-state index in [4.69, 9.17) is 19.3 Å². The number of carboxylic acids is 1. The molecule has 8 heteroatoms. The van der Waals surface area contributed by atoms with Gasteiger partial charge in [-0.15, -0.1) is 0 Å². The van der Waals surface area contributed by atoms with Gasteiger partial charge in [-0.1, -0.05) is 42.5 Å². The van der Waals surface area contributed by atoms with Crippen molar-refractivity contribution in [2.75, 3.05) is 19.8 Å². The first-order valence-corrected chi connectivity index (χ1v) is 12.5. The zero-order valence-electron chi connectivity index (χ0n) is 20.8. The molecule has 0 spiro atoms. The molecular weight excluding hydrogens is 474 g/mol. The average Bonchev–Trinajstić information content (AvgIpc) is 3.11. The van der Waals surface area contributed by atoms with Crippen LogP contribution < -0.4 is 10.1 Å². The first-order chi connectivity index (χ1) is 17.9. The lowest BCUT2D eigenvalue weighted by molar-refractivity contribution is -0.167. The Kier molecular flexibility index (Phi) is 8.74. The summed E-state index contributed by atoms with van der Waals surface area (Å²) in [5, 5.41) is 14.6. The molecule has 4 rings (SSSR count). The molecule has 0 saturated heterocycles. The Morgan fingerprint density at radius 3 is 2.62 bits per heavy atom. The summed E-state index contributed by atoms with van der Waals surface area (Å²) >= 11 is 0. The maximum Gasteiger partial charge on any atom is 0.417 e. The number of hydrogen-bond donors (Lipinski definition) is 2. The molecule has 2 atom stereocenters. The molecule has 1 aliphatic carbocycles. The summed E-state index contributed by atoms with van der Waals surface area (Å²) in [6.07, 6.45) is 2.78. The highest BCUT2D eigenvalue weighted by atomic mass is 16.6. The van der Waals surface area contributed by atoms with Crippen LogP contribution in [0.4, 0.5) is 0 Å². The second-order valence-electron chi connectivity index (χ2n) is 9.03. The number of ether oxygens (including phenoxy) is 3. The van der Waals surface area contributed by atoms with Gasteiger partial charge in [0.15, 0.2) is 6.61 Å². The normalized spacial score (nSPS) is 15.8. The van der Waals surface area contributed by atoms with Crippen molar-refractivity contribution in [3.8, 4) is 5.75 Å². The molecule has 0 bridgehead atoms. The third kappa shape index (κ3) is 7.07. The number of hydrogen-bond acceptors (Lipinski definition) is 7. The molecule has 0 radical (unpaired) electrons. The first-order valence-electron chi connectivity index (χ1n) is 12.5. The Balaban J connectivity index is 1.46. The maximum atomic E-state index is 12.0. The van der Waals surface area contributed by atoms with E-state index in [1.807, 2.05) is 60.7 Å². The van der Waals surface area contributed by atoms with Crippen LogP contribution in [-0.2, 0) is 36.7 Å². The quantitative estimate of drug-likeness (QED) is 0.255. The van der Waals surface area contributed by atoms with Crippen LogP contribution in [0.25, 0.3) is 10.8 Å². The van der Waals surface area contributed by atoms with E-state index in [1.54, 1.807) is 6.92 Å². The summed E-state index contributed by atoms with van der Waals surface area (Å²) in [6.45, 7) is 2.19. The van der Waals surface area contributed by atoms with Crippen molar-refractivity contribution in [2.45, 2.75) is 44.8 Å². The Hall–Kier alpha value is -3.91. The molecular formula is C29H31NO7. The third-order valence-electron chi connectivity index (χ3n) is 6.47. The number of rotatable bonds is 9. The summed E-state index contributed by atoms with van der Waals surface area (Å²) in [5.74, 6) is -2.71. The summed E-state index contributed by atoms with van der Waals surface area (Å²) < 4.78 is 15.9. The van der Waals surface area contributed by atoms with Crippen molar-refractivity contribution < 1.29 is 33.7 Å². The summed E-state index contributed by atoms with van der Waals surface area (Å²) in [5.41, 5.74) is 3.08. The Morgan fingerprint density at radius 1 is 1.03 bits per heavy atom. The number of esters is 2. The molecule has 3 aromatic carbocycles. The van der Waals surface area contributed by atoms with Crippen molar-refractivity contribution in [2.24, 2.45) is 0 Å². The molecule has 3 aromatic rings. The zero-order chi connectivity index (χ0) is 26.2. The first kappa shape index (κ1) is 26.2. The van der Waals surface area contributed by atoms with Gasteiger partial charge in [-0.2, -0.15) is 0 Å². The lowest BCUT2D eigenvalue weighted by atomic mass is 10.0. The fourth-order valence-corrected chi connectivity index (χ4v) is 4.64. The number of carboxylic acid groups (broad SMARTS) is 1. The molecule has 37 heavy (non-hydrogen) atoms. The van der Waals surface area contributed by atoms with Crippen molar-refractivity contribution in [1.29, 1.82) is 0 Å². The van der Waals surface area contributed by atoms with Crippen molar-refractivity contribution in [1.82, 2.24) is 5.32 Å². The molecule has 8 nitrogen and oxygen atoms in total. The highest BCUT2D eigenvalue weighted by Gasteiger charge is 2.24. The van der Waals surface area contributed by atoms with Crippen LogP contribution in [0.1, 0.15) is 42.6 Å². The minimum absolute atomic E-state index is 0.0908. The number of benzene rings is 3. The van der Waals surface area contributed by atoms with Gasteiger partial charge < -0.3 is 24.6 Å². The van der Waals surface area contributed by atoms with Gasteiger partial charge in [-0.3, -0.25) is 0 Å². The summed E-state index contributed by atoms with van der Waals surface area (Å²) in [6, 6.07) is 19.5. The van der Waals surface area contributed by atoms with E-state index >= 15 is 0 Å². The second kappa shape index (κ2) is 12.4. The smallest absolute Gasteiger partial charge is 0.417 e. The van der Waals surface area contributed by atoms with Gasteiger partial charge in [0.2, 0.25) is 0 Å². The van der Waals surface area contributed by atoms with Gasteiger partial charge in [-0.25, -0.2) is 14.4 Å².